The van der Waals surface area contributed by atoms with E-state index in [0.29, 0.717) is 25.9 Å². The Morgan fingerprint density at radius 3 is 2.52 bits per heavy atom. The lowest BCUT2D eigenvalue weighted by molar-refractivity contribution is -0.137. The van der Waals surface area contributed by atoms with Crippen LogP contribution in [0.3, 0.4) is 0 Å². The van der Waals surface area contributed by atoms with Crippen molar-refractivity contribution in [3.05, 3.63) is 29.8 Å². The zero-order valence-electron chi connectivity index (χ0n) is 12.9. The minimum atomic E-state index is -0.871. The van der Waals surface area contributed by atoms with Crippen LogP contribution in [0.2, 0.25) is 0 Å². The lowest BCUT2D eigenvalue weighted by Gasteiger charge is -2.16. The second kappa shape index (κ2) is 8.17. The number of benzene rings is 1. The van der Waals surface area contributed by atoms with Crippen molar-refractivity contribution in [3.8, 4) is 0 Å². The van der Waals surface area contributed by atoms with Crippen LogP contribution in [-0.4, -0.2) is 36.1 Å². The maximum atomic E-state index is 11.7. The largest absolute Gasteiger partial charge is 0.481 e. The van der Waals surface area contributed by atoms with E-state index in [9.17, 15) is 14.4 Å². The molecule has 0 spiro atoms. The molecule has 1 fully saturated rings. The Labute approximate surface area is 134 Å². The average molecular weight is 319 g/mol. The molecular weight excluding hydrogens is 298 g/mol. The van der Waals surface area contributed by atoms with Gasteiger partial charge in [0.05, 0.1) is 0 Å². The number of hydrogen-bond acceptors (Lipinski definition) is 3. The second-order valence-electron chi connectivity index (χ2n) is 5.42. The summed E-state index contributed by atoms with van der Waals surface area (Å²) in [4.78, 5) is 35.3. The minimum Gasteiger partial charge on any atom is -0.481 e. The van der Waals surface area contributed by atoms with Gasteiger partial charge in [-0.25, -0.2) is 4.79 Å². The van der Waals surface area contributed by atoms with E-state index in [2.05, 4.69) is 10.6 Å². The van der Waals surface area contributed by atoms with Gasteiger partial charge in [-0.3, -0.25) is 9.59 Å². The van der Waals surface area contributed by atoms with Crippen LogP contribution >= 0.6 is 0 Å². The summed E-state index contributed by atoms with van der Waals surface area (Å²) in [5.41, 5.74) is 1.82. The molecule has 1 aromatic rings. The number of carbonyl (C=O) groups is 3. The van der Waals surface area contributed by atoms with Crippen LogP contribution in [0.5, 0.6) is 0 Å². The van der Waals surface area contributed by atoms with Crippen LogP contribution < -0.4 is 15.5 Å². The molecule has 124 valence electrons. The number of hydrogen-bond donors (Lipinski definition) is 3. The zero-order valence-corrected chi connectivity index (χ0v) is 12.9. The van der Waals surface area contributed by atoms with Crippen molar-refractivity contribution < 1.29 is 19.5 Å². The molecule has 3 amide bonds. The predicted molar refractivity (Wildman–Crippen MR) is 85.1 cm³/mol. The van der Waals surface area contributed by atoms with Gasteiger partial charge >= 0.3 is 12.0 Å². The van der Waals surface area contributed by atoms with E-state index < -0.39 is 5.97 Å². The number of aliphatic carboxylic acids is 1. The highest BCUT2D eigenvalue weighted by atomic mass is 16.4. The number of carbonyl (C=O) groups excluding carboxylic acids is 2. The first-order chi connectivity index (χ1) is 11.1. The van der Waals surface area contributed by atoms with E-state index in [-0.39, 0.29) is 18.4 Å². The summed E-state index contributed by atoms with van der Waals surface area (Å²) in [6.45, 7) is 1.46. The molecule has 7 heteroatoms. The van der Waals surface area contributed by atoms with Gasteiger partial charge in [0, 0.05) is 38.2 Å². The fourth-order valence-corrected chi connectivity index (χ4v) is 2.40. The van der Waals surface area contributed by atoms with Gasteiger partial charge in [0.2, 0.25) is 5.91 Å². The molecule has 1 heterocycles. The normalized spacial score (nSPS) is 13.9. The molecule has 0 aliphatic carbocycles. The van der Waals surface area contributed by atoms with Crippen molar-refractivity contribution >= 4 is 23.6 Å². The standard InChI is InChI=1S/C16H21N3O4/c20-14-3-2-10-19(14)13-7-5-12(6-8-13)11-18-16(23)17-9-1-4-15(21)22/h5-8H,1-4,9-11H2,(H,21,22)(H2,17,18,23). The van der Waals surface area contributed by atoms with E-state index in [0.717, 1.165) is 24.2 Å². The van der Waals surface area contributed by atoms with Crippen LogP contribution in [0.25, 0.3) is 0 Å². The molecule has 2 rings (SSSR count). The summed E-state index contributed by atoms with van der Waals surface area (Å²) in [5.74, 6) is -0.722. The van der Waals surface area contributed by atoms with E-state index in [4.69, 9.17) is 5.11 Å². The predicted octanol–water partition coefficient (Wildman–Crippen LogP) is 1.48. The number of amides is 3. The van der Waals surface area contributed by atoms with Crippen molar-refractivity contribution in [2.24, 2.45) is 0 Å². The molecule has 0 aromatic heterocycles. The Bertz CT molecular complexity index is 571. The average Bonchev–Trinajstić information content (AvgIpc) is 2.96. The molecule has 7 nitrogen and oxygen atoms in total. The summed E-state index contributed by atoms with van der Waals surface area (Å²) in [6.07, 6.45) is 1.94. The van der Waals surface area contributed by atoms with E-state index >= 15 is 0 Å². The molecular formula is C16H21N3O4. The first-order valence-electron chi connectivity index (χ1n) is 7.69. The first-order valence-corrected chi connectivity index (χ1v) is 7.69. The van der Waals surface area contributed by atoms with E-state index in [1.165, 1.54) is 0 Å². The van der Waals surface area contributed by atoms with Crippen LogP contribution in [0.15, 0.2) is 24.3 Å². The topological polar surface area (TPSA) is 98.7 Å². The third-order valence-electron chi connectivity index (χ3n) is 3.63. The number of nitrogens with one attached hydrogen (secondary N) is 2. The molecule has 0 unspecified atom stereocenters. The molecule has 0 bridgehead atoms. The molecule has 0 atom stereocenters. The Morgan fingerprint density at radius 1 is 1.17 bits per heavy atom. The Kier molecular flexibility index (Phi) is 5.96. The van der Waals surface area contributed by atoms with Gasteiger partial charge in [0.1, 0.15) is 0 Å². The first kappa shape index (κ1) is 16.8. The number of anilines is 1. The van der Waals surface area contributed by atoms with Crippen molar-refractivity contribution in [2.75, 3.05) is 18.0 Å². The summed E-state index contributed by atoms with van der Waals surface area (Å²) in [5, 5.41) is 13.8. The van der Waals surface area contributed by atoms with Gasteiger partial charge < -0.3 is 20.6 Å². The smallest absolute Gasteiger partial charge is 0.315 e. The lowest BCUT2D eigenvalue weighted by Crippen LogP contribution is -2.35. The third kappa shape index (κ3) is 5.28. The van der Waals surface area contributed by atoms with Gasteiger partial charge in [-0.1, -0.05) is 12.1 Å². The highest BCUT2D eigenvalue weighted by Gasteiger charge is 2.21. The number of nitrogens with zero attached hydrogens (tertiary/aromatic N) is 1. The highest BCUT2D eigenvalue weighted by Crippen LogP contribution is 2.21. The monoisotopic (exact) mass is 319 g/mol. The maximum absolute atomic E-state index is 11.7. The Hall–Kier alpha value is -2.57. The SMILES string of the molecule is O=C(O)CCCNC(=O)NCc1ccc(N2CCCC2=O)cc1. The summed E-state index contributed by atoms with van der Waals surface area (Å²) >= 11 is 0. The van der Waals surface area contributed by atoms with Gasteiger partial charge in [-0.15, -0.1) is 0 Å². The number of carboxylic acid groups (broad SMARTS) is 1. The van der Waals surface area contributed by atoms with Crippen molar-refractivity contribution in [1.82, 2.24) is 10.6 Å². The van der Waals surface area contributed by atoms with E-state index in [1.54, 1.807) is 4.90 Å². The zero-order chi connectivity index (χ0) is 16.7. The Morgan fingerprint density at radius 2 is 1.91 bits per heavy atom. The molecule has 3 N–H and O–H groups in total. The van der Waals surface area contributed by atoms with Crippen LogP contribution in [0.1, 0.15) is 31.2 Å². The fraction of sp³-hybridized carbons (Fsp3) is 0.438. The van der Waals surface area contributed by atoms with Gasteiger partial charge in [-0.05, 0) is 30.5 Å². The number of rotatable bonds is 7. The molecule has 23 heavy (non-hydrogen) atoms. The molecule has 1 aliphatic heterocycles. The molecule has 0 radical (unpaired) electrons. The molecule has 0 saturated carbocycles. The van der Waals surface area contributed by atoms with Crippen molar-refractivity contribution in [1.29, 1.82) is 0 Å². The van der Waals surface area contributed by atoms with E-state index in [1.807, 2.05) is 24.3 Å². The second-order valence-corrected chi connectivity index (χ2v) is 5.42. The van der Waals surface area contributed by atoms with Crippen LogP contribution in [-0.2, 0) is 16.1 Å². The molecule has 1 aromatic carbocycles. The number of urea groups is 1. The summed E-state index contributed by atoms with van der Waals surface area (Å²) in [6, 6.07) is 7.20. The van der Waals surface area contributed by atoms with Gasteiger partial charge in [0.25, 0.3) is 0 Å². The highest BCUT2D eigenvalue weighted by molar-refractivity contribution is 5.95. The summed E-state index contributed by atoms with van der Waals surface area (Å²) in [7, 11) is 0. The quantitative estimate of drug-likeness (QED) is 0.663. The van der Waals surface area contributed by atoms with Crippen LogP contribution in [0, 0.1) is 0 Å². The molecule has 1 saturated heterocycles. The molecule has 1 aliphatic rings. The van der Waals surface area contributed by atoms with Crippen molar-refractivity contribution in [2.45, 2.75) is 32.2 Å². The number of carboxylic acids is 1. The lowest BCUT2D eigenvalue weighted by atomic mass is 10.2. The van der Waals surface area contributed by atoms with Gasteiger partial charge in [0.15, 0.2) is 0 Å². The maximum Gasteiger partial charge on any atom is 0.315 e. The third-order valence-corrected chi connectivity index (χ3v) is 3.63. The summed E-state index contributed by atoms with van der Waals surface area (Å²) < 4.78 is 0. The van der Waals surface area contributed by atoms with Gasteiger partial charge in [-0.2, -0.15) is 0 Å². The van der Waals surface area contributed by atoms with Crippen LogP contribution in [0.4, 0.5) is 10.5 Å². The minimum absolute atomic E-state index is 0.0387. The Balaban J connectivity index is 1.72. The van der Waals surface area contributed by atoms with Crippen molar-refractivity contribution in [3.63, 3.8) is 0 Å². The fourth-order valence-electron chi connectivity index (χ4n) is 2.40.